The molecule has 5 heteroatoms. The Hall–Kier alpha value is -2.40. The van der Waals surface area contributed by atoms with Gasteiger partial charge in [0.1, 0.15) is 5.82 Å². The van der Waals surface area contributed by atoms with Gasteiger partial charge in [0.05, 0.1) is 5.69 Å². The monoisotopic (exact) mass is 321 g/mol. The molecule has 3 heterocycles. The fourth-order valence-corrected chi connectivity index (χ4v) is 3.36. The number of fused-ring (bicyclic) bond motifs is 1. The lowest BCUT2D eigenvalue weighted by Crippen LogP contribution is -2.45. The first kappa shape index (κ1) is 15.1. The molecule has 0 unspecified atom stereocenters. The van der Waals surface area contributed by atoms with Crippen LogP contribution in [0.25, 0.3) is 16.9 Å². The predicted molar refractivity (Wildman–Crippen MR) is 97.6 cm³/mol. The summed E-state index contributed by atoms with van der Waals surface area (Å²) >= 11 is 0. The fraction of sp³-hybridized carbons (Fsp3) is 0.368. The van der Waals surface area contributed by atoms with Crippen LogP contribution in [0.5, 0.6) is 0 Å². The molecule has 5 nitrogen and oxygen atoms in total. The van der Waals surface area contributed by atoms with Crippen LogP contribution in [0.2, 0.25) is 0 Å². The highest BCUT2D eigenvalue weighted by Crippen LogP contribution is 2.28. The summed E-state index contributed by atoms with van der Waals surface area (Å²) in [5.74, 6) is 1.15. The summed E-state index contributed by atoms with van der Waals surface area (Å²) in [4.78, 5) is 9.54. The molecule has 3 aromatic rings. The molecule has 0 saturated carbocycles. The molecule has 0 spiro atoms. The number of hydrogen-bond donors (Lipinski definition) is 0. The Kier molecular flexibility index (Phi) is 3.73. The van der Waals surface area contributed by atoms with Crippen LogP contribution in [0, 0.1) is 13.8 Å². The zero-order valence-electron chi connectivity index (χ0n) is 14.5. The van der Waals surface area contributed by atoms with Crippen molar-refractivity contribution in [3.8, 4) is 11.3 Å². The second-order valence-electron chi connectivity index (χ2n) is 6.62. The molecular weight excluding hydrogens is 298 g/mol. The minimum absolute atomic E-state index is 0.961. The Labute approximate surface area is 142 Å². The molecule has 1 aliphatic rings. The van der Waals surface area contributed by atoms with Gasteiger partial charge >= 0.3 is 0 Å². The second-order valence-corrected chi connectivity index (χ2v) is 6.62. The average Bonchev–Trinajstić information content (AvgIpc) is 2.93. The Morgan fingerprint density at radius 2 is 1.67 bits per heavy atom. The molecule has 1 saturated heterocycles. The minimum atomic E-state index is 0.961. The zero-order valence-corrected chi connectivity index (χ0v) is 14.5. The zero-order chi connectivity index (χ0) is 16.7. The number of aryl methyl sites for hydroxylation is 2. The fourth-order valence-electron chi connectivity index (χ4n) is 3.36. The summed E-state index contributed by atoms with van der Waals surface area (Å²) in [5.41, 5.74) is 5.30. The number of aromatic nitrogens is 3. The maximum atomic E-state index is 4.92. The van der Waals surface area contributed by atoms with Crippen molar-refractivity contribution in [2.75, 3.05) is 38.1 Å². The van der Waals surface area contributed by atoms with Gasteiger partial charge in [0.25, 0.3) is 0 Å². The van der Waals surface area contributed by atoms with Crippen LogP contribution in [0.3, 0.4) is 0 Å². The number of rotatable bonds is 2. The van der Waals surface area contributed by atoms with Gasteiger partial charge in [-0.15, -0.1) is 0 Å². The maximum Gasteiger partial charge on any atom is 0.161 e. The lowest BCUT2D eigenvalue weighted by molar-refractivity contribution is 0.311. The summed E-state index contributed by atoms with van der Waals surface area (Å²) < 4.78 is 2.02. The summed E-state index contributed by atoms with van der Waals surface area (Å²) in [7, 11) is 2.18. The summed E-state index contributed by atoms with van der Waals surface area (Å²) in [6.45, 7) is 8.38. The van der Waals surface area contributed by atoms with Crippen LogP contribution in [0.15, 0.2) is 36.4 Å². The maximum absolute atomic E-state index is 4.92. The first-order chi connectivity index (χ1) is 11.6. The quantitative estimate of drug-likeness (QED) is 0.727. The normalized spacial score (nSPS) is 16.0. The van der Waals surface area contributed by atoms with Crippen LogP contribution in [-0.2, 0) is 0 Å². The molecule has 4 rings (SSSR count). The van der Waals surface area contributed by atoms with Crippen molar-refractivity contribution >= 4 is 11.5 Å². The number of piperazine rings is 1. The van der Waals surface area contributed by atoms with E-state index in [1.165, 1.54) is 0 Å². The number of likely N-dealkylation sites (N-methyl/N-ethyl adjacent to an activating group) is 1. The van der Waals surface area contributed by atoms with E-state index in [-0.39, 0.29) is 0 Å². The van der Waals surface area contributed by atoms with Gasteiger partial charge in [0, 0.05) is 49.1 Å². The van der Waals surface area contributed by atoms with Crippen molar-refractivity contribution in [2.45, 2.75) is 13.8 Å². The highest BCUT2D eigenvalue weighted by molar-refractivity contribution is 5.71. The Balaban J connectivity index is 1.86. The molecule has 0 amide bonds. The summed E-state index contributed by atoms with van der Waals surface area (Å²) in [6, 6.07) is 12.5. The van der Waals surface area contributed by atoms with Crippen molar-refractivity contribution in [2.24, 2.45) is 0 Å². The molecule has 124 valence electrons. The van der Waals surface area contributed by atoms with E-state index >= 15 is 0 Å². The number of benzene rings is 1. The summed E-state index contributed by atoms with van der Waals surface area (Å²) in [6.07, 6.45) is 0. The minimum Gasteiger partial charge on any atom is -0.354 e. The number of anilines is 1. The third kappa shape index (κ3) is 2.55. The first-order valence-corrected chi connectivity index (χ1v) is 8.49. The van der Waals surface area contributed by atoms with E-state index in [9.17, 15) is 0 Å². The lowest BCUT2D eigenvalue weighted by atomic mass is 10.1. The molecule has 0 bridgehead atoms. The third-order valence-electron chi connectivity index (χ3n) is 4.80. The molecule has 0 radical (unpaired) electrons. The van der Waals surface area contributed by atoms with Gasteiger partial charge in [-0.2, -0.15) is 9.61 Å². The molecule has 2 aromatic heterocycles. The summed E-state index contributed by atoms with van der Waals surface area (Å²) in [5, 5.41) is 4.92. The van der Waals surface area contributed by atoms with Gasteiger partial charge in [-0.1, -0.05) is 30.3 Å². The molecule has 24 heavy (non-hydrogen) atoms. The smallest absolute Gasteiger partial charge is 0.161 e. The van der Waals surface area contributed by atoms with Gasteiger partial charge in [-0.25, -0.2) is 4.98 Å². The van der Waals surface area contributed by atoms with Gasteiger partial charge in [-0.05, 0) is 20.9 Å². The topological polar surface area (TPSA) is 36.7 Å². The molecule has 1 aliphatic heterocycles. The lowest BCUT2D eigenvalue weighted by Gasteiger charge is -2.34. The van der Waals surface area contributed by atoms with Crippen LogP contribution < -0.4 is 4.90 Å². The number of hydrogen-bond acceptors (Lipinski definition) is 4. The van der Waals surface area contributed by atoms with E-state index in [1.807, 2.05) is 10.6 Å². The van der Waals surface area contributed by atoms with Gasteiger partial charge < -0.3 is 9.80 Å². The van der Waals surface area contributed by atoms with E-state index in [2.05, 4.69) is 61.0 Å². The first-order valence-electron chi connectivity index (χ1n) is 8.49. The largest absolute Gasteiger partial charge is 0.354 e. The van der Waals surface area contributed by atoms with E-state index in [4.69, 9.17) is 10.1 Å². The van der Waals surface area contributed by atoms with Crippen molar-refractivity contribution in [1.29, 1.82) is 0 Å². The van der Waals surface area contributed by atoms with Crippen molar-refractivity contribution < 1.29 is 0 Å². The Bertz CT molecular complexity index is 860. The molecule has 1 aromatic carbocycles. The third-order valence-corrected chi connectivity index (χ3v) is 4.80. The van der Waals surface area contributed by atoms with E-state index in [1.54, 1.807) is 0 Å². The Morgan fingerprint density at radius 3 is 2.38 bits per heavy atom. The molecular formula is C19H23N5. The van der Waals surface area contributed by atoms with Crippen molar-refractivity contribution in [3.05, 3.63) is 47.7 Å². The predicted octanol–water partition coefficient (Wildman–Crippen LogP) is 2.76. The van der Waals surface area contributed by atoms with Crippen molar-refractivity contribution in [3.63, 3.8) is 0 Å². The Morgan fingerprint density at radius 1 is 0.958 bits per heavy atom. The van der Waals surface area contributed by atoms with E-state index in [0.29, 0.717) is 0 Å². The average molecular weight is 321 g/mol. The molecule has 0 N–H and O–H groups in total. The molecule has 0 atom stereocenters. The SMILES string of the molecule is Cc1cc(N2CCN(C)CC2)n2nc(-c3ccccc3)c(C)c2n1. The van der Waals surface area contributed by atoms with Crippen molar-refractivity contribution in [1.82, 2.24) is 19.5 Å². The highest BCUT2D eigenvalue weighted by Gasteiger charge is 2.20. The van der Waals surface area contributed by atoms with Crippen LogP contribution in [0.4, 0.5) is 5.82 Å². The van der Waals surface area contributed by atoms with Crippen LogP contribution >= 0.6 is 0 Å². The second kappa shape index (κ2) is 5.91. The number of nitrogens with zero attached hydrogens (tertiary/aromatic N) is 5. The van der Waals surface area contributed by atoms with Gasteiger partial charge in [-0.3, -0.25) is 0 Å². The van der Waals surface area contributed by atoms with Crippen LogP contribution in [0.1, 0.15) is 11.3 Å². The van der Waals surface area contributed by atoms with E-state index < -0.39 is 0 Å². The van der Waals surface area contributed by atoms with Gasteiger partial charge in [0.15, 0.2) is 5.65 Å². The van der Waals surface area contributed by atoms with E-state index in [0.717, 1.165) is 60.2 Å². The highest BCUT2D eigenvalue weighted by atomic mass is 15.4. The standard InChI is InChI=1S/C19H23N5/c1-14-13-17(23-11-9-22(3)10-12-23)24-19(20-14)15(2)18(21-24)16-7-5-4-6-8-16/h4-8,13H,9-12H2,1-3H3. The molecule has 0 aliphatic carbocycles. The van der Waals surface area contributed by atoms with Gasteiger partial charge in [0.2, 0.25) is 0 Å². The molecule has 1 fully saturated rings. The van der Waals surface area contributed by atoms with Crippen LogP contribution in [-0.4, -0.2) is 52.7 Å².